The SMILES string of the molecule is Cc1cc(NC(=O)CN2C(=O)N[C@@](C)(Cc3ccc4c(c3)OCO4)C2=O)no1. The Bertz CT molecular complexity index is 971. The van der Waals surface area contributed by atoms with Crippen LogP contribution in [0.25, 0.3) is 0 Å². The summed E-state index contributed by atoms with van der Waals surface area (Å²) in [7, 11) is 0. The van der Waals surface area contributed by atoms with Crippen LogP contribution in [-0.2, 0) is 16.0 Å². The molecule has 2 aliphatic rings. The van der Waals surface area contributed by atoms with Crippen molar-refractivity contribution in [2.24, 2.45) is 0 Å². The summed E-state index contributed by atoms with van der Waals surface area (Å²) >= 11 is 0. The number of hydrogen-bond acceptors (Lipinski definition) is 7. The molecule has 1 atom stereocenters. The lowest BCUT2D eigenvalue weighted by atomic mass is 9.92. The highest BCUT2D eigenvalue weighted by Gasteiger charge is 2.48. The fourth-order valence-corrected chi connectivity index (χ4v) is 3.22. The first-order chi connectivity index (χ1) is 13.3. The highest BCUT2D eigenvalue weighted by molar-refractivity contribution is 6.10. The van der Waals surface area contributed by atoms with Crippen molar-refractivity contribution < 1.29 is 28.4 Å². The van der Waals surface area contributed by atoms with Crippen LogP contribution >= 0.6 is 0 Å². The van der Waals surface area contributed by atoms with E-state index in [-0.39, 0.29) is 19.0 Å². The first-order valence-electron chi connectivity index (χ1n) is 8.60. The number of nitrogens with one attached hydrogen (secondary N) is 2. The van der Waals surface area contributed by atoms with E-state index in [9.17, 15) is 14.4 Å². The number of amides is 4. The van der Waals surface area contributed by atoms with E-state index in [4.69, 9.17) is 14.0 Å². The van der Waals surface area contributed by atoms with Crippen molar-refractivity contribution in [3.63, 3.8) is 0 Å². The predicted molar refractivity (Wildman–Crippen MR) is 94.8 cm³/mol. The standard InChI is InChI=1S/C18H18N4O6/c1-10-5-14(21-28-10)19-15(23)8-22-16(24)18(2,20-17(22)25)7-11-3-4-12-13(6-11)27-9-26-12/h3-6H,7-9H2,1-2H3,(H,20,25)(H,19,21,23)/t18-/m0/s1. The van der Waals surface area contributed by atoms with Crippen molar-refractivity contribution in [2.75, 3.05) is 18.7 Å². The van der Waals surface area contributed by atoms with Gasteiger partial charge in [-0.2, -0.15) is 0 Å². The molecule has 0 bridgehead atoms. The van der Waals surface area contributed by atoms with Gasteiger partial charge < -0.3 is 24.6 Å². The molecule has 146 valence electrons. The lowest BCUT2D eigenvalue weighted by molar-refractivity contribution is -0.133. The fraction of sp³-hybridized carbons (Fsp3) is 0.333. The van der Waals surface area contributed by atoms with Crippen LogP contribution < -0.4 is 20.1 Å². The van der Waals surface area contributed by atoms with Crippen molar-refractivity contribution in [2.45, 2.75) is 25.8 Å². The number of ether oxygens (including phenoxy) is 2. The molecule has 4 rings (SSSR count). The summed E-state index contributed by atoms with van der Waals surface area (Å²) in [5, 5.41) is 8.81. The van der Waals surface area contributed by atoms with E-state index in [1.54, 1.807) is 32.0 Å². The van der Waals surface area contributed by atoms with Gasteiger partial charge in [-0.3, -0.25) is 14.5 Å². The van der Waals surface area contributed by atoms with Gasteiger partial charge in [0, 0.05) is 12.5 Å². The van der Waals surface area contributed by atoms with Crippen LogP contribution in [-0.4, -0.2) is 46.8 Å². The molecule has 1 fully saturated rings. The smallest absolute Gasteiger partial charge is 0.325 e. The average Bonchev–Trinajstić information content (AvgIpc) is 3.31. The quantitative estimate of drug-likeness (QED) is 0.740. The molecule has 1 saturated heterocycles. The van der Waals surface area contributed by atoms with E-state index in [1.165, 1.54) is 6.07 Å². The molecule has 0 radical (unpaired) electrons. The van der Waals surface area contributed by atoms with E-state index >= 15 is 0 Å². The summed E-state index contributed by atoms with van der Waals surface area (Å²) in [4.78, 5) is 38.2. The number of aryl methyl sites for hydroxylation is 1. The van der Waals surface area contributed by atoms with Gasteiger partial charge in [-0.15, -0.1) is 0 Å². The van der Waals surface area contributed by atoms with Crippen molar-refractivity contribution in [3.8, 4) is 11.5 Å². The third kappa shape index (κ3) is 3.24. The van der Waals surface area contributed by atoms with Crippen LogP contribution in [0.15, 0.2) is 28.8 Å². The molecule has 1 aromatic carbocycles. The molecule has 10 nitrogen and oxygen atoms in total. The summed E-state index contributed by atoms with van der Waals surface area (Å²) < 4.78 is 15.5. The Morgan fingerprint density at radius 2 is 2.07 bits per heavy atom. The third-order valence-corrected chi connectivity index (χ3v) is 4.54. The summed E-state index contributed by atoms with van der Waals surface area (Å²) in [5.74, 6) is 0.944. The third-order valence-electron chi connectivity index (χ3n) is 4.54. The van der Waals surface area contributed by atoms with Gasteiger partial charge in [0.05, 0.1) is 0 Å². The van der Waals surface area contributed by atoms with Crippen LogP contribution in [0.1, 0.15) is 18.2 Å². The zero-order valence-electron chi connectivity index (χ0n) is 15.3. The van der Waals surface area contributed by atoms with Crippen LogP contribution in [0.5, 0.6) is 11.5 Å². The second kappa shape index (κ2) is 6.55. The monoisotopic (exact) mass is 386 g/mol. The highest BCUT2D eigenvalue weighted by Crippen LogP contribution is 2.34. The maximum absolute atomic E-state index is 12.8. The molecule has 0 aliphatic carbocycles. The molecular weight excluding hydrogens is 368 g/mol. The number of benzene rings is 1. The summed E-state index contributed by atoms with van der Waals surface area (Å²) in [5.41, 5.74) is -0.375. The van der Waals surface area contributed by atoms with E-state index in [0.717, 1.165) is 10.5 Å². The highest BCUT2D eigenvalue weighted by atomic mass is 16.7. The van der Waals surface area contributed by atoms with Crippen molar-refractivity contribution in [1.82, 2.24) is 15.4 Å². The molecule has 10 heteroatoms. The first-order valence-corrected chi connectivity index (χ1v) is 8.60. The molecule has 1 aromatic heterocycles. The number of carbonyl (C=O) groups excluding carboxylic acids is 3. The number of fused-ring (bicyclic) bond motifs is 1. The normalized spacial score (nSPS) is 20.4. The molecule has 2 N–H and O–H groups in total. The van der Waals surface area contributed by atoms with Crippen molar-refractivity contribution >= 4 is 23.7 Å². The Kier molecular flexibility index (Phi) is 4.17. The summed E-state index contributed by atoms with van der Waals surface area (Å²) in [6.07, 6.45) is 0.245. The lowest BCUT2D eigenvalue weighted by Crippen LogP contribution is -2.46. The number of aromatic nitrogens is 1. The van der Waals surface area contributed by atoms with Crippen molar-refractivity contribution in [1.29, 1.82) is 0 Å². The molecule has 0 spiro atoms. The Hall–Kier alpha value is -3.56. The van der Waals surface area contributed by atoms with E-state index in [0.29, 0.717) is 17.3 Å². The minimum Gasteiger partial charge on any atom is -0.454 e. The number of hydrogen-bond donors (Lipinski definition) is 2. The van der Waals surface area contributed by atoms with E-state index in [1.807, 2.05) is 0 Å². The summed E-state index contributed by atoms with van der Waals surface area (Å²) in [6, 6.07) is 6.25. The van der Waals surface area contributed by atoms with Crippen LogP contribution in [0.4, 0.5) is 10.6 Å². The molecule has 2 aromatic rings. The fourth-order valence-electron chi connectivity index (χ4n) is 3.22. The maximum Gasteiger partial charge on any atom is 0.325 e. The van der Waals surface area contributed by atoms with Gasteiger partial charge in [0.1, 0.15) is 17.8 Å². The molecule has 0 unspecified atom stereocenters. The number of carbonyl (C=O) groups is 3. The zero-order chi connectivity index (χ0) is 19.9. The molecule has 4 amide bonds. The van der Waals surface area contributed by atoms with Gasteiger partial charge in [-0.1, -0.05) is 11.2 Å². The van der Waals surface area contributed by atoms with Gasteiger partial charge in [0.2, 0.25) is 12.7 Å². The Morgan fingerprint density at radius 3 is 2.82 bits per heavy atom. The van der Waals surface area contributed by atoms with Gasteiger partial charge in [-0.25, -0.2) is 4.79 Å². The van der Waals surface area contributed by atoms with Gasteiger partial charge in [0.25, 0.3) is 5.91 Å². The summed E-state index contributed by atoms with van der Waals surface area (Å²) in [6.45, 7) is 3.03. The molecule has 2 aliphatic heterocycles. The van der Waals surface area contributed by atoms with Crippen LogP contribution in [0.2, 0.25) is 0 Å². The molecule has 0 saturated carbocycles. The van der Waals surface area contributed by atoms with Gasteiger partial charge >= 0.3 is 6.03 Å². The molecular formula is C18H18N4O6. The zero-order valence-corrected chi connectivity index (χ0v) is 15.3. The Morgan fingerprint density at radius 1 is 1.29 bits per heavy atom. The van der Waals surface area contributed by atoms with Gasteiger partial charge in [0.15, 0.2) is 17.3 Å². The minimum absolute atomic E-state index is 0.152. The first kappa shape index (κ1) is 17.8. The number of anilines is 1. The van der Waals surface area contributed by atoms with E-state index in [2.05, 4.69) is 15.8 Å². The van der Waals surface area contributed by atoms with Crippen molar-refractivity contribution in [3.05, 3.63) is 35.6 Å². The van der Waals surface area contributed by atoms with Crippen LogP contribution in [0.3, 0.4) is 0 Å². The van der Waals surface area contributed by atoms with Crippen LogP contribution in [0, 0.1) is 6.92 Å². The van der Waals surface area contributed by atoms with E-state index < -0.39 is 29.9 Å². The lowest BCUT2D eigenvalue weighted by Gasteiger charge is -2.21. The second-order valence-electron chi connectivity index (χ2n) is 6.89. The Labute approximate surface area is 159 Å². The molecule has 28 heavy (non-hydrogen) atoms. The molecule has 3 heterocycles. The predicted octanol–water partition coefficient (Wildman–Crippen LogP) is 1.20. The number of imide groups is 1. The van der Waals surface area contributed by atoms with Gasteiger partial charge in [-0.05, 0) is 31.5 Å². The number of urea groups is 1. The minimum atomic E-state index is -1.17. The largest absolute Gasteiger partial charge is 0.454 e. The Balaban J connectivity index is 1.44. The second-order valence-corrected chi connectivity index (χ2v) is 6.89. The number of nitrogens with zero attached hydrogens (tertiary/aromatic N) is 2. The topological polar surface area (TPSA) is 123 Å². The average molecular weight is 386 g/mol. The maximum atomic E-state index is 12.8. The number of rotatable bonds is 5.